The van der Waals surface area contributed by atoms with Crippen LogP contribution in [0, 0.1) is 0 Å². The van der Waals surface area contributed by atoms with Crippen molar-refractivity contribution in [3.63, 3.8) is 0 Å². The van der Waals surface area contributed by atoms with E-state index in [0.717, 1.165) is 10.2 Å². The number of thiazole rings is 1. The smallest absolute Gasteiger partial charge is 0.264 e. The van der Waals surface area contributed by atoms with Gasteiger partial charge in [0.05, 0.1) is 40.7 Å². The number of hydrogen-bond donors (Lipinski definition) is 0. The molecule has 6 rings (SSSR count). The second kappa shape index (κ2) is 9.57. The molecule has 0 unspecified atom stereocenters. The van der Waals surface area contributed by atoms with E-state index >= 15 is 0 Å². The number of amides is 3. The molecule has 5 aromatic rings. The van der Waals surface area contributed by atoms with Crippen LogP contribution in [0.1, 0.15) is 36.6 Å². The number of imide groups is 1. The highest BCUT2D eigenvalue weighted by Crippen LogP contribution is 2.36. The van der Waals surface area contributed by atoms with Gasteiger partial charge in [-0.2, -0.15) is 0 Å². The fourth-order valence-electron chi connectivity index (χ4n) is 4.52. The van der Waals surface area contributed by atoms with Crippen LogP contribution >= 0.6 is 11.3 Å². The zero-order valence-corrected chi connectivity index (χ0v) is 21.1. The average Bonchev–Trinajstić information content (AvgIpc) is 3.48. The molecular formula is C30H21N3O4S. The Labute approximate surface area is 222 Å². The monoisotopic (exact) mass is 519 g/mol. The van der Waals surface area contributed by atoms with Gasteiger partial charge in [0.25, 0.3) is 17.7 Å². The Bertz CT molecular complexity index is 1660. The fraction of sp³-hybridized carbons (Fsp3) is 0.0667. The van der Waals surface area contributed by atoms with Crippen LogP contribution in [0.5, 0.6) is 5.75 Å². The van der Waals surface area contributed by atoms with Crippen molar-refractivity contribution in [3.8, 4) is 5.75 Å². The minimum atomic E-state index is -0.338. The molecule has 186 valence electrons. The molecule has 0 spiro atoms. The summed E-state index contributed by atoms with van der Waals surface area (Å²) in [5.41, 5.74) is 3.27. The lowest BCUT2D eigenvalue weighted by Crippen LogP contribution is -2.29. The fourth-order valence-corrected chi connectivity index (χ4v) is 5.50. The predicted molar refractivity (Wildman–Crippen MR) is 146 cm³/mol. The zero-order valence-electron chi connectivity index (χ0n) is 20.3. The van der Waals surface area contributed by atoms with Crippen molar-refractivity contribution >= 4 is 50.1 Å². The highest BCUT2D eigenvalue weighted by molar-refractivity contribution is 7.22. The molecule has 0 fully saturated rings. The molecule has 1 aromatic heterocycles. The molecule has 1 aliphatic rings. The van der Waals surface area contributed by atoms with Gasteiger partial charge in [-0.15, -0.1) is 0 Å². The molecule has 2 heterocycles. The third-order valence-corrected chi connectivity index (χ3v) is 7.40. The standard InChI is InChI=1S/C30H21N3O4S/c1-37-22-11-7-10-21(17-22)33(30-31-25-14-4-5-15-26(25)38-30)27(34)20-9-6-8-19(16-20)18-32-28(35)23-12-2-3-13-24(23)29(32)36/h2-17H,18H2,1H3. The van der Waals surface area contributed by atoms with Crippen LogP contribution in [-0.2, 0) is 6.54 Å². The Hall–Kier alpha value is -4.82. The van der Waals surface area contributed by atoms with Crippen LogP contribution in [-0.4, -0.2) is 34.7 Å². The van der Waals surface area contributed by atoms with Crippen molar-refractivity contribution in [2.75, 3.05) is 12.0 Å². The molecule has 0 bridgehead atoms. The van der Waals surface area contributed by atoms with Gasteiger partial charge in [0.1, 0.15) is 5.75 Å². The first kappa shape index (κ1) is 23.6. The molecule has 0 aliphatic carbocycles. The molecule has 4 aromatic carbocycles. The van der Waals surface area contributed by atoms with Gasteiger partial charge in [-0.25, -0.2) is 4.98 Å². The van der Waals surface area contributed by atoms with Crippen LogP contribution in [0.3, 0.4) is 0 Å². The summed E-state index contributed by atoms with van der Waals surface area (Å²) in [6.07, 6.45) is 0. The number of methoxy groups -OCH3 is 1. The van der Waals surface area contributed by atoms with E-state index in [2.05, 4.69) is 0 Å². The number of benzene rings is 4. The number of para-hydroxylation sites is 1. The van der Waals surface area contributed by atoms with Crippen LogP contribution in [0.15, 0.2) is 97.1 Å². The van der Waals surface area contributed by atoms with Crippen molar-refractivity contribution in [1.82, 2.24) is 9.88 Å². The Kier molecular flexibility index (Phi) is 5.94. The maximum absolute atomic E-state index is 14.0. The first-order valence-electron chi connectivity index (χ1n) is 11.9. The van der Waals surface area contributed by atoms with Crippen LogP contribution in [0.2, 0.25) is 0 Å². The number of rotatable bonds is 6. The molecule has 8 heteroatoms. The van der Waals surface area contributed by atoms with Crippen LogP contribution in [0.4, 0.5) is 10.8 Å². The summed E-state index contributed by atoms with van der Waals surface area (Å²) in [4.78, 5) is 47.3. The third kappa shape index (κ3) is 4.10. The largest absolute Gasteiger partial charge is 0.497 e. The van der Waals surface area contributed by atoms with Gasteiger partial charge >= 0.3 is 0 Å². The highest BCUT2D eigenvalue weighted by atomic mass is 32.1. The summed E-state index contributed by atoms with van der Waals surface area (Å²) in [7, 11) is 1.58. The van der Waals surface area contributed by atoms with Crippen molar-refractivity contribution < 1.29 is 19.1 Å². The molecule has 0 atom stereocenters. The second-order valence-electron chi connectivity index (χ2n) is 8.75. The Morgan fingerprint density at radius 1 is 0.868 bits per heavy atom. The minimum absolute atomic E-state index is 0.0633. The molecule has 7 nitrogen and oxygen atoms in total. The topological polar surface area (TPSA) is 79.8 Å². The number of aromatic nitrogens is 1. The van der Waals surface area contributed by atoms with Gasteiger partial charge in [0.2, 0.25) is 0 Å². The quantitative estimate of drug-likeness (QED) is 0.254. The Morgan fingerprint density at radius 3 is 2.32 bits per heavy atom. The molecule has 38 heavy (non-hydrogen) atoms. The van der Waals surface area contributed by atoms with E-state index in [9.17, 15) is 14.4 Å². The van der Waals surface area contributed by atoms with E-state index in [1.807, 2.05) is 42.5 Å². The van der Waals surface area contributed by atoms with E-state index < -0.39 is 0 Å². The number of nitrogens with zero attached hydrogens (tertiary/aromatic N) is 3. The summed E-state index contributed by atoms with van der Waals surface area (Å²) in [5.74, 6) is -0.355. The first-order chi connectivity index (χ1) is 18.5. The molecule has 3 amide bonds. The molecule has 0 radical (unpaired) electrons. The van der Waals surface area contributed by atoms with Gasteiger partial charge in [0.15, 0.2) is 5.13 Å². The van der Waals surface area contributed by atoms with Gasteiger partial charge in [-0.3, -0.25) is 24.2 Å². The molecule has 0 saturated heterocycles. The number of fused-ring (bicyclic) bond motifs is 2. The van der Waals surface area contributed by atoms with Crippen molar-refractivity contribution in [2.45, 2.75) is 6.54 Å². The van der Waals surface area contributed by atoms with E-state index in [-0.39, 0.29) is 24.3 Å². The highest BCUT2D eigenvalue weighted by Gasteiger charge is 2.35. The van der Waals surface area contributed by atoms with E-state index in [1.54, 1.807) is 66.6 Å². The first-order valence-corrected chi connectivity index (χ1v) is 12.7. The molecule has 0 N–H and O–H groups in total. The molecular weight excluding hydrogens is 498 g/mol. The van der Waals surface area contributed by atoms with Gasteiger partial charge < -0.3 is 4.74 Å². The summed E-state index contributed by atoms with van der Waals surface area (Å²) >= 11 is 1.42. The molecule has 1 aliphatic heterocycles. The zero-order chi connectivity index (χ0) is 26.2. The second-order valence-corrected chi connectivity index (χ2v) is 9.76. The normalized spacial score (nSPS) is 12.6. The summed E-state index contributed by atoms with van der Waals surface area (Å²) < 4.78 is 6.36. The van der Waals surface area contributed by atoms with Crippen molar-refractivity contribution in [3.05, 3.63) is 119 Å². The van der Waals surface area contributed by atoms with E-state index in [0.29, 0.717) is 38.8 Å². The predicted octanol–water partition coefficient (Wildman–Crippen LogP) is 6.08. The van der Waals surface area contributed by atoms with E-state index in [1.165, 1.54) is 16.2 Å². The van der Waals surface area contributed by atoms with Crippen LogP contribution in [0.25, 0.3) is 10.2 Å². The number of anilines is 2. The number of hydrogen-bond acceptors (Lipinski definition) is 6. The van der Waals surface area contributed by atoms with Gasteiger partial charge in [-0.1, -0.05) is 53.8 Å². The summed E-state index contributed by atoms with van der Waals surface area (Å²) in [5, 5.41) is 0.523. The van der Waals surface area contributed by atoms with Crippen LogP contribution < -0.4 is 9.64 Å². The lowest BCUT2D eigenvalue weighted by molar-refractivity contribution is 0.0642. The van der Waals surface area contributed by atoms with Gasteiger partial charge in [0, 0.05) is 11.6 Å². The SMILES string of the molecule is COc1cccc(N(C(=O)c2cccc(CN3C(=O)c4ccccc4C3=O)c2)c2nc3ccccc3s2)c1. The molecule has 0 saturated carbocycles. The summed E-state index contributed by atoms with van der Waals surface area (Å²) in [6, 6.07) is 28.7. The number of ether oxygens (including phenoxy) is 1. The van der Waals surface area contributed by atoms with Crippen molar-refractivity contribution in [1.29, 1.82) is 0 Å². The Balaban J connectivity index is 1.36. The van der Waals surface area contributed by atoms with E-state index in [4.69, 9.17) is 9.72 Å². The maximum Gasteiger partial charge on any atom is 0.264 e. The lowest BCUT2D eigenvalue weighted by atomic mass is 10.1. The maximum atomic E-state index is 14.0. The minimum Gasteiger partial charge on any atom is -0.497 e. The lowest BCUT2D eigenvalue weighted by Gasteiger charge is -2.21. The number of carbonyl (C=O) groups excluding carboxylic acids is 3. The third-order valence-electron chi connectivity index (χ3n) is 6.38. The van der Waals surface area contributed by atoms with Crippen molar-refractivity contribution in [2.24, 2.45) is 0 Å². The number of carbonyl (C=O) groups is 3. The van der Waals surface area contributed by atoms with Gasteiger partial charge in [-0.05, 0) is 54.1 Å². The summed E-state index contributed by atoms with van der Waals surface area (Å²) in [6.45, 7) is 0.0633. The Morgan fingerprint density at radius 2 is 1.58 bits per heavy atom. The average molecular weight is 520 g/mol.